The Bertz CT molecular complexity index is 419. The van der Waals surface area contributed by atoms with E-state index < -0.39 is 0 Å². The molecule has 0 amide bonds. The van der Waals surface area contributed by atoms with Crippen molar-refractivity contribution in [1.82, 2.24) is 5.32 Å². The maximum absolute atomic E-state index is 12.2. The first kappa shape index (κ1) is 13.8. The molecule has 5 heteroatoms. The lowest BCUT2D eigenvalue weighted by molar-refractivity contribution is 0.0240. The SMILES string of the molecule is COc1cc(OC)cc(C(=O)CC2CNCCO2)c1. The molecule has 0 radical (unpaired) electrons. The van der Waals surface area contributed by atoms with E-state index in [1.54, 1.807) is 32.4 Å². The number of rotatable bonds is 5. The Morgan fingerprint density at radius 1 is 1.32 bits per heavy atom. The van der Waals surface area contributed by atoms with Crippen LogP contribution in [0.2, 0.25) is 0 Å². The van der Waals surface area contributed by atoms with E-state index >= 15 is 0 Å². The zero-order valence-electron chi connectivity index (χ0n) is 11.3. The van der Waals surface area contributed by atoms with Crippen molar-refractivity contribution in [3.63, 3.8) is 0 Å². The molecular weight excluding hydrogens is 246 g/mol. The highest BCUT2D eigenvalue weighted by Gasteiger charge is 2.19. The van der Waals surface area contributed by atoms with Gasteiger partial charge in [-0.25, -0.2) is 0 Å². The number of morpholine rings is 1. The highest BCUT2D eigenvalue weighted by Crippen LogP contribution is 2.23. The van der Waals surface area contributed by atoms with Crippen LogP contribution in [0, 0.1) is 0 Å². The van der Waals surface area contributed by atoms with E-state index in [0.717, 1.165) is 6.54 Å². The molecule has 0 aromatic heterocycles. The molecule has 0 bridgehead atoms. The zero-order valence-corrected chi connectivity index (χ0v) is 11.3. The van der Waals surface area contributed by atoms with E-state index in [1.165, 1.54) is 0 Å². The van der Waals surface area contributed by atoms with E-state index in [0.29, 0.717) is 36.6 Å². The van der Waals surface area contributed by atoms with Gasteiger partial charge in [0.05, 0.1) is 26.9 Å². The number of hydrogen-bond acceptors (Lipinski definition) is 5. The molecule has 5 nitrogen and oxygen atoms in total. The van der Waals surface area contributed by atoms with Crippen molar-refractivity contribution >= 4 is 5.78 Å². The predicted molar refractivity (Wildman–Crippen MR) is 71.1 cm³/mol. The van der Waals surface area contributed by atoms with Gasteiger partial charge in [-0.15, -0.1) is 0 Å². The molecular formula is C14H19NO4. The lowest BCUT2D eigenvalue weighted by Crippen LogP contribution is -2.39. The zero-order chi connectivity index (χ0) is 13.7. The van der Waals surface area contributed by atoms with Crippen molar-refractivity contribution in [2.45, 2.75) is 12.5 Å². The summed E-state index contributed by atoms with van der Waals surface area (Å²) < 4.78 is 15.9. The number of carbonyl (C=O) groups is 1. The summed E-state index contributed by atoms with van der Waals surface area (Å²) >= 11 is 0. The fraction of sp³-hybridized carbons (Fsp3) is 0.500. The Labute approximate surface area is 112 Å². The van der Waals surface area contributed by atoms with Crippen LogP contribution in [0.4, 0.5) is 0 Å². The van der Waals surface area contributed by atoms with Crippen LogP contribution in [-0.2, 0) is 4.74 Å². The van der Waals surface area contributed by atoms with Gasteiger partial charge in [-0.1, -0.05) is 0 Å². The van der Waals surface area contributed by atoms with Crippen LogP contribution < -0.4 is 14.8 Å². The molecule has 1 N–H and O–H groups in total. The van der Waals surface area contributed by atoms with Crippen LogP contribution in [0.5, 0.6) is 11.5 Å². The normalized spacial score (nSPS) is 18.9. The molecule has 104 valence electrons. The third kappa shape index (κ3) is 3.68. The summed E-state index contributed by atoms with van der Waals surface area (Å²) in [4.78, 5) is 12.2. The molecule has 1 fully saturated rings. The van der Waals surface area contributed by atoms with Crippen molar-refractivity contribution in [2.24, 2.45) is 0 Å². The fourth-order valence-corrected chi connectivity index (χ4v) is 2.04. The minimum Gasteiger partial charge on any atom is -0.497 e. The summed E-state index contributed by atoms with van der Waals surface area (Å²) in [7, 11) is 3.13. The van der Waals surface area contributed by atoms with E-state index in [4.69, 9.17) is 14.2 Å². The first-order valence-electron chi connectivity index (χ1n) is 6.31. The van der Waals surface area contributed by atoms with Gasteiger partial charge in [0.2, 0.25) is 0 Å². The Morgan fingerprint density at radius 3 is 2.53 bits per heavy atom. The van der Waals surface area contributed by atoms with Crippen LogP contribution in [0.3, 0.4) is 0 Å². The van der Waals surface area contributed by atoms with E-state index in [9.17, 15) is 4.79 Å². The van der Waals surface area contributed by atoms with Gasteiger partial charge < -0.3 is 19.5 Å². The number of carbonyl (C=O) groups excluding carboxylic acids is 1. The second kappa shape index (κ2) is 6.54. The third-order valence-corrected chi connectivity index (χ3v) is 3.09. The Hall–Kier alpha value is -1.59. The summed E-state index contributed by atoms with van der Waals surface area (Å²) in [5.74, 6) is 1.27. The molecule has 0 saturated carbocycles. The molecule has 1 unspecified atom stereocenters. The number of benzene rings is 1. The Morgan fingerprint density at radius 2 is 2.00 bits per heavy atom. The molecule has 1 aromatic rings. The van der Waals surface area contributed by atoms with Gasteiger partial charge in [-0.2, -0.15) is 0 Å². The van der Waals surface area contributed by atoms with Gasteiger partial charge in [-0.3, -0.25) is 4.79 Å². The largest absolute Gasteiger partial charge is 0.497 e. The van der Waals surface area contributed by atoms with Crippen molar-refractivity contribution in [1.29, 1.82) is 0 Å². The highest BCUT2D eigenvalue weighted by atomic mass is 16.5. The average molecular weight is 265 g/mol. The number of Topliss-reactive ketones (excluding diaryl/α,β-unsaturated/α-hetero) is 1. The molecule has 2 rings (SSSR count). The quantitative estimate of drug-likeness (QED) is 0.812. The number of nitrogens with one attached hydrogen (secondary N) is 1. The smallest absolute Gasteiger partial charge is 0.165 e. The van der Waals surface area contributed by atoms with Crippen LogP contribution in [0.15, 0.2) is 18.2 Å². The lowest BCUT2D eigenvalue weighted by atomic mass is 10.0. The lowest BCUT2D eigenvalue weighted by Gasteiger charge is -2.23. The van der Waals surface area contributed by atoms with E-state index in [1.807, 2.05) is 0 Å². The monoisotopic (exact) mass is 265 g/mol. The maximum atomic E-state index is 12.2. The number of ketones is 1. The van der Waals surface area contributed by atoms with Gasteiger partial charge in [0.15, 0.2) is 5.78 Å². The number of hydrogen-bond donors (Lipinski definition) is 1. The fourth-order valence-electron chi connectivity index (χ4n) is 2.04. The standard InChI is InChI=1S/C14H19NO4/c1-17-11-5-10(6-12(7-11)18-2)14(16)8-13-9-15-3-4-19-13/h5-7,13,15H,3-4,8-9H2,1-2H3. The third-order valence-electron chi connectivity index (χ3n) is 3.09. The highest BCUT2D eigenvalue weighted by molar-refractivity contribution is 5.97. The Kier molecular flexibility index (Phi) is 4.76. The summed E-state index contributed by atoms with van der Waals surface area (Å²) in [6.07, 6.45) is 0.307. The van der Waals surface area contributed by atoms with Crippen molar-refractivity contribution in [3.05, 3.63) is 23.8 Å². The van der Waals surface area contributed by atoms with Gasteiger partial charge >= 0.3 is 0 Å². The maximum Gasteiger partial charge on any atom is 0.165 e. The van der Waals surface area contributed by atoms with Gasteiger partial charge in [-0.05, 0) is 12.1 Å². The molecule has 1 aliphatic heterocycles. The molecule has 0 aliphatic carbocycles. The second-order valence-corrected chi connectivity index (χ2v) is 4.43. The first-order valence-corrected chi connectivity index (χ1v) is 6.31. The van der Waals surface area contributed by atoms with Crippen LogP contribution in [0.25, 0.3) is 0 Å². The van der Waals surface area contributed by atoms with Crippen LogP contribution in [-0.4, -0.2) is 45.8 Å². The molecule has 1 saturated heterocycles. The molecule has 1 aromatic carbocycles. The Balaban J connectivity index is 2.08. The molecule has 19 heavy (non-hydrogen) atoms. The molecule has 1 aliphatic rings. The minimum atomic E-state index is -0.0570. The van der Waals surface area contributed by atoms with Crippen LogP contribution in [0.1, 0.15) is 16.8 Å². The minimum absolute atomic E-state index is 0.0332. The summed E-state index contributed by atoms with van der Waals surface area (Å²) in [5, 5.41) is 3.21. The number of ether oxygens (including phenoxy) is 3. The van der Waals surface area contributed by atoms with Crippen molar-refractivity contribution < 1.29 is 19.0 Å². The summed E-state index contributed by atoms with van der Waals surface area (Å²) in [6, 6.07) is 5.19. The molecule has 1 heterocycles. The van der Waals surface area contributed by atoms with Gasteiger partial charge in [0, 0.05) is 31.1 Å². The predicted octanol–water partition coefficient (Wildman–Crippen LogP) is 1.26. The summed E-state index contributed by atoms with van der Waals surface area (Å²) in [6.45, 7) is 2.21. The summed E-state index contributed by atoms with van der Waals surface area (Å²) in [5.41, 5.74) is 0.588. The van der Waals surface area contributed by atoms with E-state index in [2.05, 4.69) is 5.32 Å². The van der Waals surface area contributed by atoms with Crippen molar-refractivity contribution in [3.8, 4) is 11.5 Å². The van der Waals surface area contributed by atoms with Gasteiger partial charge in [0.1, 0.15) is 11.5 Å². The average Bonchev–Trinajstić information content (AvgIpc) is 2.47. The number of methoxy groups -OCH3 is 2. The molecule has 1 atom stereocenters. The van der Waals surface area contributed by atoms with Crippen molar-refractivity contribution in [2.75, 3.05) is 33.9 Å². The first-order chi connectivity index (χ1) is 9.22. The van der Waals surface area contributed by atoms with Crippen LogP contribution >= 0.6 is 0 Å². The molecule has 0 spiro atoms. The second-order valence-electron chi connectivity index (χ2n) is 4.43. The van der Waals surface area contributed by atoms with E-state index in [-0.39, 0.29) is 11.9 Å². The van der Waals surface area contributed by atoms with Gasteiger partial charge in [0.25, 0.3) is 0 Å². The topological polar surface area (TPSA) is 56.8 Å².